The summed E-state index contributed by atoms with van der Waals surface area (Å²) in [6.45, 7) is 0.750. The van der Waals surface area contributed by atoms with Crippen molar-refractivity contribution >= 4 is 39.5 Å². The zero-order valence-electron chi connectivity index (χ0n) is 27.9. The zero-order chi connectivity index (χ0) is 34.2. The van der Waals surface area contributed by atoms with Crippen LogP contribution in [0.1, 0.15) is 28.2 Å². The molecule has 2 aromatic heterocycles. The number of para-hydroxylation sites is 1. The maximum absolute atomic E-state index is 5.97. The molecule has 2 heterocycles. The van der Waals surface area contributed by atoms with Crippen LogP contribution in [-0.4, -0.2) is 0 Å². The van der Waals surface area contributed by atoms with Gasteiger partial charge in [-0.3, -0.25) is 0 Å². The van der Waals surface area contributed by atoms with Gasteiger partial charge in [0.1, 0.15) is 36.2 Å². The first-order valence-corrected chi connectivity index (χ1v) is 16.9. The first-order valence-electron chi connectivity index (χ1n) is 16.9. The molecular weight excluding hydrogens is 631 g/mol. The summed E-state index contributed by atoms with van der Waals surface area (Å²) in [5.74, 6) is 3.11. The van der Waals surface area contributed by atoms with E-state index in [2.05, 4.69) is 126 Å². The van der Waals surface area contributed by atoms with Gasteiger partial charge in [0, 0.05) is 17.1 Å². The molecule has 5 heteroatoms. The van der Waals surface area contributed by atoms with Crippen molar-refractivity contribution in [2.75, 3.05) is 4.90 Å². The molecule has 8 rings (SSSR count). The quantitative estimate of drug-likeness (QED) is 0.122. The van der Waals surface area contributed by atoms with Gasteiger partial charge in [-0.1, -0.05) is 84.9 Å². The molecule has 51 heavy (non-hydrogen) atoms. The molecule has 0 saturated heterocycles. The van der Waals surface area contributed by atoms with Crippen molar-refractivity contribution in [1.29, 1.82) is 0 Å². The van der Waals surface area contributed by atoms with Crippen molar-refractivity contribution in [2.24, 2.45) is 0 Å². The van der Waals surface area contributed by atoms with Crippen LogP contribution >= 0.6 is 0 Å². The summed E-state index contributed by atoms with van der Waals surface area (Å²) in [6.07, 6.45) is 5.53. The van der Waals surface area contributed by atoms with Gasteiger partial charge in [-0.15, -0.1) is 0 Å². The summed E-state index contributed by atoms with van der Waals surface area (Å²) in [5.41, 5.74) is 7.56. The van der Waals surface area contributed by atoms with E-state index >= 15 is 0 Å². The number of rotatable bonds is 12. The predicted molar refractivity (Wildman–Crippen MR) is 205 cm³/mol. The van der Waals surface area contributed by atoms with Crippen LogP contribution in [0.2, 0.25) is 0 Å². The highest BCUT2D eigenvalue weighted by molar-refractivity contribution is 5.92. The van der Waals surface area contributed by atoms with E-state index in [4.69, 9.17) is 18.3 Å². The Morgan fingerprint density at radius 3 is 1.57 bits per heavy atom. The minimum atomic E-state index is 0.375. The van der Waals surface area contributed by atoms with Gasteiger partial charge in [-0.2, -0.15) is 0 Å². The highest BCUT2D eigenvalue weighted by Crippen LogP contribution is 2.37. The van der Waals surface area contributed by atoms with Crippen molar-refractivity contribution in [1.82, 2.24) is 0 Å². The van der Waals surface area contributed by atoms with Crippen LogP contribution in [-0.2, 0) is 13.2 Å². The van der Waals surface area contributed by atoms with Gasteiger partial charge in [0.15, 0.2) is 0 Å². The fourth-order valence-electron chi connectivity index (χ4n) is 6.12. The topological polar surface area (TPSA) is 48.0 Å². The van der Waals surface area contributed by atoms with E-state index in [1.165, 1.54) is 10.8 Å². The Kier molecular flexibility index (Phi) is 9.16. The van der Waals surface area contributed by atoms with Crippen molar-refractivity contribution in [3.05, 3.63) is 211 Å². The first kappa shape index (κ1) is 31.5. The van der Waals surface area contributed by atoms with E-state index in [9.17, 15) is 0 Å². The number of fused-ring (bicyclic) bond motifs is 1. The van der Waals surface area contributed by atoms with Crippen molar-refractivity contribution in [3.63, 3.8) is 0 Å². The second-order valence-electron chi connectivity index (χ2n) is 12.1. The summed E-state index contributed by atoms with van der Waals surface area (Å²) in [6, 6.07) is 58.2. The summed E-state index contributed by atoms with van der Waals surface area (Å²) < 4.78 is 22.8. The molecule has 0 atom stereocenters. The van der Waals surface area contributed by atoms with Crippen LogP contribution < -0.4 is 14.4 Å². The molecule has 8 aromatic rings. The average Bonchev–Trinajstić information content (AvgIpc) is 3.92. The van der Waals surface area contributed by atoms with Crippen molar-refractivity contribution in [3.8, 4) is 11.5 Å². The third-order valence-electron chi connectivity index (χ3n) is 8.72. The third kappa shape index (κ3) is 7.48. The lowest BCUT2D eigenvalue weighted by Gasteiger charge is -2.26. The van der Waals surface area contributed by atoms with Crippen LogP contribution in [0.4, 0.5) is 17.1 Å². The van der Waals surface area contributed by atoms with Gasteiger partial charge in [0.05, 0.1) is 12.5 Å². The molecule has 248 valence electrons. The van der Waals surface area contributed by atoms with E-state index in [0.29, 0.717) is 13.2 Å². The monoisotopic (exact) mass is 665 g/mol. The van der Waals surface area contributed by atoms with E-state index in [0.717, 1.165) is 62.3 Å². The minimum Gasteiger partial charge on any atom is -0.486 e. The van der Waals surface area contributed by atoms with Gasteiger partial charge >= 0.3 is 0 Å². The predicted octanol–water partition coefficient (Wildman–Crippen LogP) is 12.2. The summed E-state index contributed by atoms with van der Waals surface area (Å²) in [4.78, 5) is 2.30. The van der Waals surface area contributed by atoms with Gasteiger partial charge in [0.2, 0.25) is 0 Å². The lowest BCUT2D eigenvalue weighted by molar-refractivity contribution is 0.270. The first-order chi connectivity index (χ1) is 25.2. The molecule has 0 amide bonds. The Morgan fingerprint density at radius 2 is 1.00 bits per heavy atom. The smallest absolute Gasteiger partial charge is 0.146 e. The molecule has 6 aromatic carbocycles. The fourth-order valence-corrected chi connectivity index (χ4v) is 6.12. The van der Waals surface area contributed by atoms with E-state index in [-0.39, 0.29) is 0 Å². The second kappa shape index (κ2) is 14.8. The van der Waals surface area contributed by atoms with Gasteiger partial charge in [-0.05, 0) is 124 Å². The van der Waals surface area contributed by atoms with Crippen LogP contribution in [0.3, 0.4) is 0 Å². The number of ether oxygens (including phenoxy) is 2. The summed E-state index contributed by atoms with van der Waals surface area (Å²) in [5, 5.41) is 2.42. The number of nitrogens with zero attached hydrogens (tertiary/aromatic N) is 1. The maximum Gasteiger partial charge on any atom is 0.146 e. The molecule has 0 fully saturated rings. The van der Waals surface area contributed by atoms with Gasteiger partial charge < -0.3 is 23.2 Å². The molecule has 0 bridgehead atoms. The molecule has 5 nitrogen and oxygen atoms in total. The van der Waals surface area contributed by atoms with Crippen LogP contribution in [0, 0.1) is 0 Å². The van der Waals surface area contributed by atoms with E-state index in [1.807, 2.05) is 54.6 Å². The van der Waals surface area contributed by atoms with Crippen molar-refractivity contribution in [2.45, 2.75) is 13.2 Å². The third-order valence-corrected chi connectivity index (χ3v) is 8.72. The van der Waals surface area contributed by atoms with E-state index in [1.54, 1.807) is 12.5 Å². The Hall–Kier alpha value is -6.72. The zero-order valence-corrected chi connectivity index (χ0v) is 27.9. The molecule has 0 saturated carbocycles. The molecule has 0 N–H and O–H groups in total. The van der Waals surface area contributed by atoms with Gasteiger partial charge in [0.25, 0.3) is 0 Å². The number of hydrogen-bond donors (Lipinski definition) is 0. The summed E-state index contributed by atoms with van der Waals surface area (Å²) in [7, 11) is 0. The molecule has 0 aliphatic carbocycles. The molecule has 0 unspecified atom stereocenters. The number of benzene rings is 6. The maximum atomic E-state index is 5.97. The Morgan fingerprint density at radius 1 is 0.471 bits per heavy atom. The normalized spacial score (nSPS) is 10.9. The SMILES string of the molecule is C(=C(c1ccc(OCc2ccco2)cc1)c1ccc(OCc2ccco2)cc1)c1ccc(N(c2ccccc2)c2ccc3ccccc3c2)cc1. The molecule has 0 spiro atoms. The van der Waals surface area contributed by atoms with Crippen LogP contribution in [0.5, 0.6) is 11.5 Å². The van der Waals surface area contributed by atoms with Crippen molar-refractivity contribution < 1.29 is 18.3 Å². The van der Waals surface area contributed by atoms with E-state index < -0.39 is 0 Å². The average molecular weight is 666 g/mol. The molecular formula is C46H35NO4. The second-order valence-corrected chi connectivity index (χ2v) is 12.1. The Balaban J connectivity index is 1.11. The standard InChI is InChI=1S/C46H35NO4/c1-2-10-39(11-3-1)47(41-23-16-35-8-4-5-9-38(35)31-41)40-21-14-34(15-22-40)30-46(36-17-24-42(25-18-36)50-32-44-12-6-28-48-44)37-19-26-43(27-20-37)51-33-45-13-7-29-49-45/h1-31H,32-33H2. The molecule has 0 aliphatic heterocycles. The molecule has 0 aliphatic rings. The Labute approximate surface area is 297 Å². The number of furan rings is 2. The summed E-state index contributed by atoms with van der Waals surface area (Å²) >= 11 is 0. The number of hydrogen-bond acceptors (Lipinski definition) is 5. The fraction of sp³-hybridized carbons (Fsp3) is 0.0435. The number of anilines is 3. The highest BCUT2D eigenvalue weighted by Gasteiger charge is 2.14. The highest BCUT2D eigenvalue weighted by atomic mass is 16.5. The van der Waals surface area contributed by atoms with Crippen LogP contribution in [0.15, 0.2) is 191 Å². The Bertz CT molecular complexity index is 2240. The lowest BCUT2D eigenvalue weighted by Crippen LogP contribution is -2.09. The minimum absolute atomic E-state index is 0.375. The largest absolute Gasteiger partial charge is 0.486 e. The van der Waals surface area contributed by atoms with Crippen LogP contribution in [0.25, 0.3) is 22.4 Å². The molecule has 0 radical (unpaired) electrons. The lowest BCUT2D eigenvalue weighted by atomic mass is 9.95. The van der Waals surface area contributed by atoms with Gasteiger partial charge in [-0.25, -0.2) is 0 Å².